The summed E-state index contributed by atoms with van der Waals surface area (Å²) in [6.07, 6.45) is 1.11. The summed E-state index contributed by atoms with van der Waals surface area (Å²) in [7, 11) is 0. The maximum absolute atomic E-state index is 7.73. The third kappa shape index (κ3) is 9.53. The Morgan fingerprint density at radius 1 is 1.42 bits per heavy atom. The minimum atomic E-state index is 0.0714. The molecule has 5 heteroatoms. The number of ether oxygens (including phenoxy) is 2. The molecule has 0 aromatic rings. The summed E-state index contributed by atoms with van der Waals surface area (Å²) < 4.78 is 10.4. The lowest BCUT2D eigenvalue weighted by molar-refractivity contribution is -0.0245. The van der Waals surface area contributed by atoms with Crippen molar-refractivity contribution < 1.29 is 9.47 Å². The Labute approximate surface area is 120 Å². The molecule has 0 rings (SSSR count). The predicted molar refractivity (Wildman–Crippen MR) is 83.2 cm³/mol. The smallest absolute Gasteiger partial charge is 0.190 e. The third-order valence-corrected chi connectivity index (χ3v) is 2.86. The van der Waals surface area contributed by atoms with Crippen molar-refractivity contribution in [3.8, 4) is 0 Å². The number of hydrogen-bond acceptors (Lipinski definition) is 5. The molecule has 0 aliphatic heterocycles. The van der Waals surface area contributed by atoms with Crippen LogP contribution in [0.15, 0.2) is 35.8 Å². The minimum Gasteiger partial charge on any atom is -0.466 e. The van der Waals surface area contributed by atoms with Gasteiger partial charge in [-0.3, -0.25) is 10.7 Å². The molecule has 0 heterocycles. The highest BCUT2D eigenvalue weighted by Gasteiger charge is 2.07. The highest BCUT2D eigenvalue weighted by Crippen LogP contribution is 2.18. The van der Waals surface area contributed by atoms with Crippen molar-refractivity contribution in [2.75, 3.05) is 20.1 Å². The summed E-state index contributed by atoms with van der Waals surface area (Å²) in [5.41, 5.74) is 0.168. The van der Waals surface area contributed by atoms with Crippen LogP contribution in [0.3, 0.4) is 0 Å². The zero-order valence-corrected chi connectivity index (χ0v) is 12.6. The molecule has 0 bridgehead atoms. The molecule has 108 valence electrons. The third-order valence-electron chi connectivity index (χ3n) is 2.20. The van der Waals surface area contributed by atoms with Crippen LogP contribution in [0.1, 0.15) is 20.3 Å². The molecule has 4 nitrogen and oxygen atoms in total. The maximum atomic E-state index is 7.73. The van der Waals surface area contributed by atoms with Crippen molar-refractivity contribution in [2.45, 2.75) is 20.3 Å². The molecule has 19 heavy (non-hydrogen) atoms. The number of allylic oxidation sites excluding steroid dienone is 1. The second-order valence-corrected chi connectivity index (χ2v) is 5.36. The average Bonchev–Trinajstić information content (AvgIpc) is 2.36. The van der Waals surface area contributed by atoms with Gasteiger partial charge in [0.1, 0.15) is 18.2 Å². The standard InChI is InChI=1S/C14H24N2O2S/c1-6-19-13(5)14(15)12(4)18-10-17-9-16-8-7-11(2)3/h6,11,15-16H,1,4-5,7-10H2,2-3H3. The van der Waals surface area contributed by atoms with Crippen molar-refractivity contribution in [1.29, 1.82) is 5.41 Å². The monoisotopic (exact) mass is 284 g/mol. The van der Waals surface area contributed by atoms with Crippen LogP contribution in [0.5, 0.6) is 0 Å². The predicted octanol–water partition coefficient (Wildman–Crippen LogP) is 3.49. The highest BCUT2D eigenvalue weighted by atomic mass is 32.2. The molecule has 0 fully saturated rings. The normalized spacial score (nSPS) is 10.3. The quantitative estimate of drug-likeness (QED) is 0.249. The molecule has 0 radical (unpaired) electrons. The van der Waals surface area contributed by atoms with E-state index in [-0.39, 0.29) is 18.3 Å². The van der Waals surface area contributed by atoms with Gasteiger partial charge in [0.05, 0.1) is 0 Å². The first-order valence-corrected chi connectivity index (χ1v) is 7.03. The van der Waals surface area contributed by atoms with Gasteiger partial charge >= 0.3 is 0 Å². The van der Waals surface area contributed by atoms with Crippen LogP contribution >= 0.6 is 11.8 Å². The molecule has 0 aliphatic rings. The summed E-state index contributed by atoms with van der Waals surface area (Å²) in [6.45, 7) is 16.7. The minimum absolute atomic E-state index is 0.0714. The number of thioether (sulfide) groups is 1. The van der Waals surface area contributed by atoms with Gasteiger partial charge < -0.3 is 9.47 Å². The van der Waals surface area contributed by atoms with Crippen LogP contribution in [0.4, 0.5) is 0 Å². The largest absolute Gasteiger partial charge is 0.466 e. The zero-order chi connectivity index (χ0) is 14.7. The van der Waals surface area contributed by atoms with E-state index in [4.69, 9.17) is 14.9 Å². The first kappa shape index (κ1) is 18.0. The molecule has 0 spiro atoms. The van der Waals surface area contributed by atoms with E-state index in [1.54, 1.807) is 5.41 Å². The van der Waals surface area contributed by atoms with Crippen LogP contribution < -0.4 is 5.32 Å². The van der Waals surface area contributed by atoms with Crippen LogP contribution in [-0.4, -0.2) is 25.8 Å². The van der Waals surface area contributed by atoms with E-state index in [0.29, 0.717) is 17.6 Å². The van der Waals surface area contributed by atoms with Crippen LogP contribution in [0.2, 0.25) is 0 Å². The van der Waals surface area contributed by atoms with Gasteiger partial charge in [0, 0.05) is 4.91 Å². The van der Waals surface area contributed by atoms with Gasteiger partial charge in [-0.25, -0.2) is 0 Å². The van der Waals surface area contributed by atoms with Gasteiger partial charge in [0.15, 0.2) is 6.79 Å². The van der Waals surface area contributed by atoms with Gasteiger partial charge in [-0.2, -0.15) is 0 Å². The van der Waals surface area contributed by atoms with Crippen molar-refractivity contribution in [3.05, 3.63) is 35.8 Å². The molecule has 0 saturated heterocycles. The van der Waals surface area contributed by atoms with E-state index in [2.05, 4.69) is 38.9 Å². The Kier molecular flexibility index (Phi) is 10.2. The van der Waals surface area contributed by atoms with Gasteiger partial charge in [-0.15, -0.1) is 0 Å². The molecule has 0 aliphatic carbocycles. The lowest BCUT2D eigenvalue weighted by Gasteiger charge is -2.12. The van der Waals surface area contributed by atoms with E-state index in [1.165, 1.54) is 11.8 Å². The van der Waals surface area contributed by atoms with Crippen LogP contribution in [-0.2, 0) is 9.47 Å². The number of rotatable bonds is 12. The van der Waals surface area contributed by atoms with E-state index in [9.17, 15) is 0 Å². The molecule has 0 aromatic carbocycles. The van der Waals surface area contributed by atoms with Crippen LogP contribution in [0.25, 0.3) is 0 Å². The Bertz CT molecular complexity index is 327. The molecule has 0 amide bonds. The fraction of sp³-hybridized carbons (Fsp3) is 0.500. The Balaban J connectivity index is 3.61. The van der Waals surface area contributed by atoms with Gasteiger partial charge in [0.25, 0.3) is 0 Å². The Morgan fingerprint density at radius 3 is 2.68 bits per heavy atom. The topological polar surface area (TPSA) is 54.3 Å². The summed E-state index contributed by atoms with van der Waals surface area (Å²) in [6, 6.07) is 0. The maximum Gasteiger partial charge on any atom is 0.190 e. The van der Waals surface area contributed by atoms with Crippen molar-refractivity contribution in [2.24, 2.45) is 5.92 Å². The second kappa shape index (κ2) is 10.8. The molecule has 0 aromatic heterocycles. The van der Waals surface area contributed by atoms with Gasteiger partial charge in [-0.05, 0) is 24.3 Å². The summed E-state index contributed by atoms with van der Waals surface area (Å²) >= 11 is 1.27. The fourth-order valence-corrected chi connectivity index (χ4v) is 1.51. The van der Waals surface area contributed by atoms with Crippen molar-refractivity contribution in [1.82, 2.24) is 5.32 Å². The molecule has 0 atom stereocenters. The Morgan fingerprint density at radius 2 is 2.11 bits per heavy atom. The summed E-state index contributed by atoms with van der Waals surface area (Å²) in [5, 5.41) is 12.5. The molecule has 2 N–H and O–H groups in total. The van der Waals surface area contributed by atoms with Gasteiger partial charge in [-0.1, -0.05) is 45.3 Å². The van der Waals surface area contributed by atoms with Crippen molar-refractivity contribution in [3.63, 3.8) is 0 Å². The Hall–Kier alpha value is -1.04. The van der Waals surface area contributed by atoms with Crippen LogP contribution in [0, 0.1) is 11.3 Å². The van der Waals surface area contributed by atoms with E-state index >= 15 is 0 Å². The zero-order valence-electron chi connectivity index (χ0n) is 11.8. The molecule has 0 unspecified atom stereocenters. The fourth-order valence-electron chi connectivity index (χ4n) is 1.08. The number of nitrogens with one attached hydrogen (secondary N) is 2. The first-order valence-electron chi connectivity index (χ1n) is 6.15. The molecule has 0 saturated carbocycles. The van der Waals surface area contributed by atoms with E-state index in [1.807, 2.05) is 0 Å². The number of hydrogen-bond donors (Lipinski definition) is 2. The van der Waals surface area contributed by atoms with E-state index < -0.39 is 0 Å². The highest BCUT2D eigenvalue weighted by molar-refractivity contribution is 8.06. The SMILES string of the molecule is C=CSC(=C)C(=N)C(=C)OCOCNCCC(C)C. The van der Waals surface area contributed by atoms with E-state index in [0.717, 1.165) is 13.0 Å². The summed E-state index contributed by atoms with van der Waals surface area (Å²) in [5.74, 6) is 0.930. The van der Waals surface area contributed by atoms with Crippen molar-refractivity contribution >= 4 is 17.5 Å². The molecular formula is C14H24N2O2S. The average molecular weight is 284 g/mol. The lowest BCUT2D eigenvalue weighted by atomic mass is 10.1. The molecular weight excluding hydrogens is 260 g/mol. The first-order chi connectivity index (χ1) is 8.99. The van der Waals surface area contributed by atoms with Gasteiger partial charge in [0.2, 0.25) is 0 Å². The second-order valence-electron chi connectivity index (χ2n) is 4.30. The lowest BCUT2D eigenvalue weighted by Crippen LogP contribution is -2.21. The summed E-state index contributed by atoms with van der Waals surface area (Å²) in [4.78, 5) is 0.551.